The van der Waals surface area contributed by atoms with Crippen molar-refractivity contribution < 1.29 is 14.0 Å². The summed E-state index contributed by atoms with van der Waals surface area (Å²) in [6, 6.07) is 12.6. The van der Waals surface area contributed by atoms with Gasteiger partial charge in [0.15, 0.2) is 17.3 Å². The van der Waals surface area contributed by atoms with E-state index in [1.165, 1.54) is 11.1 Å². The Bertz CT molecular complexity index is 1090. The molecule has 1 unspecified atom stereocenters. The van der Waals surface area contributed by atoms with Crippen LogP contribution < -0.4 is 15.2 Å². The number of benzene rings is 2. The van der Waals surface area contributed by atoms with Crippen molar-refractivity contribution in [2.75, 3.05) is 14.2 Å². The quantitative estimate of drug-likeness (QED) is 0.630. The molecule has 2 N–H and O–H groups in total. The summed E-state index contributed by atoms with van der Waals surface area (Å²) in [5.41, 5.74) is 10.7. The van der Waals surface area contributed by atoms with Crippen molar-refractivity contribution >= 4 is 0 Å². The smallest absolute Gasteiger partial charge is 0.257 e. The molecular weight excluding hydrogens is 390 g/mol. The maximum atomic E-state index is 6.28. The monoisotopic (exact) mass is 419 g/mol. The van der Waals surface area contributed by atoms with Gasteiger partial charge in [0, 0.05) is 11.6 Å². The second-order valence-electron chi connectivity index (χ2n) is 8.69. The molecule has 0 radical (unpaired) electrons. The highest BCUT2D eigenvalue weighted by Gasteiger charge is 2.42. The largest absolute Gasteiger partial charge is 0.493 e. The van der Waals surface area contributed by atoms with Crippen LogP contribution in [0, 0.1) is 0 Å². The number of ether oxygens (including phenoxy) is 2. The fourth-order valence-corrected chi connectivity index (χ4v) is 5.27. The van der Waals surface area contributed by atoms with Crippen molar-refractivity contribution in [1.29, 1.82) is 0 Å². The van der Waals surface area contributed by atoms with Crippen LogP contribution in [0.2, 0.25) is 0 Å². The summed E-state index contributed by atoms with van der Waals surface area (Å²) < 4.78 is 16.8. The number of aryl methyl sites for hydroxylation is 1. The van der Waals surface area contributed by atoms with E-state index in [-0.39, 0.29) is 11.5 Å². The molecule has 2 aliphatic rings. The molecule has 0 aliphatic heterocycles. The van der Waals surface area contributed by atoms with Gasteiger partial charge in [-0.05, 0) is 73.1 Å². The Balaban J connectivity index is 1.53. The van der Waals surface area contributed by atoms with E-state index >= 15 is 0 Å². The summed E-state index contributed by atoms with van der Waals surface area (Å²) in [6.07, 6.45) is 7.46. The predicted molar refractivity (Wildman–Crippen MR) is 118 cm³/mol. The Kier molecular flexibility index (Phi) is 5.18. The van der Waals surface area contributed by atoms with Gasteiger partial charge in [0.05, 0.1) is 19.6 Å². The average molecular weight is 420 g/mol. The zero-order chi connectivity index (χ0) is 21.4. The predicted octanol–water partition coefficient (Wildman–Crippen LogP) is 4.95. The van der Waals surface area contributed by atoms with E-state index in [9.17, 15) is 0 Å². The first-order chi connectivity index (χ1) is 15.1. The van der Waals surface area contributed by atoms with E-state index < -0.39 is 0 Å². The lowest BCUT2D eigenvalue weighted by Crippen LogP contribution is -2.25. The second kappa shape index (κ2) is 8.00. The summed E-state index contributed by atoms with van der Waals surface area (Å²) in [4.78, 5) is 4.90. The highest BCUT2D eigenvalue weighted by molar-refractivity contribution is 5.57. The fourth-order valence-electron chi connectivity index (χ4n) is 5.27. The number of nitrogens with two attached hydrogens (primary N) is 1. The van der Waals surface area contributed by atoms with Gasteiger partial charge in [0.2, 0.25) is 0 Å². The fraction of sp³-hybridized carbons (Fsp3) is 0.440. The molecular formula is C25H29N3O3. The summed E-state index contributed by atoms with van der Waals surface area (Å²) in [7, 11) is 3.32. The minimum atomic E-state index is -0.266. The van der Waals surface area contributed by atoms with Crippen molar-refractivity contribution in [3.05, 3.63) is 58.9 Å². The number of hydrogen-bond donors (Lipinski definition) is 1. The van der Waals surface area contributed by atoms with Crippen molar-refractivity contribution in [3.63, 3.8) is 0 Å². The molecule has 2 aliphatic carbocycles. The standard InChI is InChI=1S/C25H29N3O3/c1-29-21-11-9-18(15-22(21)30-2)25(12-3-4-13-25)24-27-23(31-28-24)17-8-10-19-16(14-17)6-5-7-20(19)26/h8-11,14-15,20H,3-7,12-13,26H2,1-2H3. The molecule has 6 heteroatoms. The van der Waals surface area contributed by atoms with Gasteiger partial charge in [0.1, 0.15) is 0 Å². The van der Waals surface area contributed by atoms with Crippen LogP contribution in [0.4, 0.5) is 0 Å². The van der Waals surface area contributed by atoms with Crippen LogP contribution >= 0.6 is 0 Å². The SMILES string of the molecule is COc1ccc(C2(c3noc(-c4ccc5c(c4)CCCC5N)n3)CCCC2)cc1OC. The highest BCUT2D eigenvalue weighted by Crippen LogP contribution is 2.47. The van der Waals surface area contributed by atoms with Crippen molar-refractivity contribution in [3.8, 4) is 23.0 Å². The number of aromatic nitrogens is 2. The molecule has 0 amide bonds. The number of methoxy groups -OCH3 is 2. The average Bonchev–Trinajstić information content (AvgIpc) is 3.49. The Morgan fingerprint density at radius 1 is 1.00 bits per heavy atom. The van der Waals surface area contributed by atoms with Crippen LogP contribution in [-0.2, 0) is 11.8 Å². The van der Waals surface area contributed by atoms with Crippen molar-refractivity contribution in [2.45, 2.75) is 56.4 Å². The van der Waals surface area contributed by atoms with E-state index in [4.69, 9.17) is 24.7 Å². The molecule has 31 heavy (non-hydrogen) atoms. The molecule has 1 aromatic heterocycles. The van der Waals surface area contributed by atoms with Crippen LogP contribution in [0.3, 0.4) is 0 Å². The van der Waals surface area contributed by atoms with Gasteiger partial charge in [-0.3, -0.25) is 0 Å². The summed E-state index contributed by atoms with van der Waals surface area (Å²) in [6.45, 7) is 0. The van der Waals surface area contributed by atoms with E-state index in [1.807, 2.05) is 6.07 Å². The van der Waals surface area contributed by atoms with E-state index in [2.05, 4.69) is 35.5 Å². The molecule has 0 saturated heterocycles. The van der Waals surface area contributed by atoms with Gasteiger partial charge < -0.3 is 19.7 Å². The van der Waals surface area contributed by atoms with Gasteiger partial charge in [-0.15, -0.1) is 0 Å². The number of fused-ring (bicyclic) bond motifs is 1. The second-order valence-corrected chi connectivity index (χ2v) is 8.69. The minimum Gasteiger partial charge on any atom is -0.493 e. The maximum Gasteiger partial charge on any atom is 0.257 e. The molecule has 0 spiro atoms. The van der Waals surface area contributed by atoms with E-state index in [0.717, 1.165) is 73.4 Å². The van der Waals surface area contributed by atoms with E-state index in [0.29, 0.717) is 5.89 Å². The van der Waals surface area contributed by atoms with Crippen LogP contribution in [0.25, 0.3) is 11.5 Å². The lowest BCUT2D eigenvalue weighted by atomic mass is 9.78. The summed E-state index contributed by atoms with van der Waals surface area (Å²) >= 11 is 0. The molecule has 1 fully saturated rings. The van der Waals surface area contributed by atoms with Crippen LogP contribution in [0.15, 0.2) is 40.9 Å². The molecule has 6 nitrogen and oxygen atoms in total. The minimum absolute atomic E-state index is 0.128. The third-order valence-electron chi connectivity index (χ3n) is 7.00. The van der Waals surface area contributed by atoms with Gasteiger partial charge in [-0.1, -0.05) is 30.1 Å². The Labute approximate surface area is 182 Å². The molecule has 5 rings (SSSR count). The van der Waals surface area contributed by atoms with Gasteiger partial charge in [-0.25, -0.2) is 0 Å². The van der Waals surface area contributed by atoms with Crippen LogP contribution in [0.5, 0.6) is 11.5 Å². The van der Waals surface area contributed by atoms with Crippen LogP contribution in [0.1, 0.15) is 67.1 Å². The normalized spacial score (nSPS) is 19.8. The Morgan fingerprint density at radius 2 is 1.81 bits per heavy atom. The lowest BCUT2D eigenvalue weighted by Gasteiger charge is -2.26. The summed E-state index contributed by atoms with van der Waals surface area (Å²) in [5, 5.41) is 4.47. The molecule has 2 aromatic carbocycles. The first-order valence-electron chi connectivity index (χ1n) is 11.1. The third-order valence-corrected chi connectivity index (χ3v) is 7.00. The van der Waals surface area contributed by atoms with Gasteiger partial charge in [-0.2, -0.15) is 4.98 Å². The lowest BCUT2D eigenvalue weighted by molar-refractivity contribution is 0.352. The molecule has 1 saturated carbocycles. The topological polar surface area (TPSA) is 83.4 Å². The highest BCUT2D eigenvalue weighted by atomic mass is 16.5. The zero-order valence-corrected chi connectivity index (χ0v) is 18.2. The Hall–Kier alpha value is -2.86. The van der Waals surface area contributed by atoms with Gasteiger partial charge >= 0.3 is 0 Å². The molecule has 162 valence electrons. The molecule has 1 atom stereocenters. The van der Waals surface area contributed by atoms with Crippen molar-refractivity contribution in [2.24, 2.45) is 5.73 Å². The van der Waals surface area contributed by atoms with Crippen LogP contribution in [-0.4, -0.2) is 24.4 Å². The molecule has 0 bridgehead atoms. The first kappa shape index (κ1) is 20.1. The van der Waals surface area contributed by atoms with Crippen molar-refractivity contribution in [1.82, 2.24) is 10.1 Å². The zero-order valence-electron chi connectivity index (χ0n) is 18.2. The molecule has 1 heterocycles. The first-order valence-corrected chi connectivity index (χ1v) is 11.1. The van der Waals surface area contributed by atoms with Gasteiger partial charge in [0.25, 0.3) is 5.89 Å². The number of rotatable bonds is 5. The Morgan fingerprint density at radius 3 is 2.58 bits per heavy atom. The summed E-state index contributed by atoms with van der Waals surface area (Å²) in [5.74, 6) is 2.77. The maximum absolute atomic E-state index is 6.28. The third kappa shape index (κ3) is 3.39. The van der Waals surface area contributed by atoms with E-state index in [1.54, 1.807) is 14.2 Å². The number of nitrogens with zero attached hydrogens (tertiary/aromatic N) is 2. The molecule has 3 aromatic rings. The number of hydrogen-bond acceptors (Lipinski definition) is 6.